The lowest BCUT2D eigenvalue weighted by molar-refractivity contribution is -0.135. The summed E-state index contributed by atoms with van der Waals surface area (Å²) < 4.78 is 13.0. The maximum Gasteiger partial charge on any atom is 0.239 e. The van der Waals surface area contributed by atoms with Crippen LogP contribution in [-0.4, -0.2) is 37.0 Å². The minimum absolute atomic E-state index is 0.0388. The number of likely N-dealkylation sites (tertiary alicyclic amines) is 1. The molecule has 3 nitrogen and oxygen atoms in total. The van der Waals surface area contributed by atoms with E-state index in [1.54, 1.807) is 6.07 Å². The third-order valence-corrected chi connectivity index (χ3v) is 3.83. The van der Waals surface area contributed by atoms with Crippen molar-refractivity contribution < 1.29 is 9.18 Å². The van der Waals surface area contributed by atoms with E-state index in [2.05, 4.69) is 5.32 Å². The molecule has 1 unspecified atom stereocenters. The number of likely N-dealkylation sites (N-methyl/N-ethyl adjacent to an activating group) is 1. The van der Waals surface area contributed by atoms with Gasteiger partial charge in [0.15, 0.2) is 0 Å². The van der Waals surface area contributed by atoms with E-state index in [0.717, 1.165) is 36.9 Å². The number of halogens is 1. The summed E-state index contributed by atoms with van der Waals surface area (Å²) >= 11 is 0. The monoisotopic (exact) mass is 264 g/mol. The lowest BCUT2D eigenvalue weighted by Gasteiger charge is -2.32. The minimum atomic E-state index is -0.203. The van der Waals surface area contributed by atoms with Gasteiger partial charge >= 0.3 is 0 Å². The van der Waals surface area contributed by atoms with Crippen LogP contribution in [0.2, 0.25) is 0 Å². The Morgan fingerprint density at radius 1 is 1.47 bits per heavy atom. The normalized spacial score (nSPS) is 19.8. The Hall–Kier alpha value is -1.42. The smallest absolute Gasteiger partial charge is 0.239 e. The van der Waals surface area contributed by atoms with Crippen LogP contribution in [0.15, 0.2) is 18.2 Å². The fourth-order valence-electron chi connectivity index (χ4n) is 2.63. The second kappa shape index (κ2) is 6.15. The van der Waals surface area contributed by atoms with E-state index in [0.29, 0.717) is 6.54 Å². The van der Waals surface area contributed by atoms with E-state index in [-0.39, 0.29) is 17.8 Å². The molecule has 4 heteroatoms. The van der Waals surface area contributed by atoms with E-state index in [1.807, 2.05) is 24.9 Å². The first-order valence-electron chi connectivity index (χ1n) is 6.83. The van der Waals surface area contributed by atoms with Gasteiger partial charge in [0.2, 0.25) is 5.91 Å². The van der Waals surface area contributed by atoms with Gasteiger partial charge in [-0.3, -0.25) is 4.79 Å². The zero-order valence-corrected chi connectivity index (χ0v) is 11.6. The molecule has 1 heterocycles. The number of carbonyl (C=O) groups is 1. The van der Waals surface area contributed by atoms with Gasteiger partial charge in [0.05, 0.1) is 6.04 Å². The molecular weight excluding hydrogens is 243 g/mol. The van der Waals surface area contributed by atoms with Crippen LogP contribution in [0.25, 0.3) is 0 Å². The molecule has 1 amide bonds. The molecular formula is C15H21FN2O. The number of amides is 1. The molecule has 1 saturated heterocycles. The van der Waals surface area contributed by atoms with Crippen molar-refractivity contribution >= 4 is 5.91 Å². The standard InChI is InChI=1S/C15H21FN2O/c1-11-10-13(16)6-5-12(11)7-9-18-8-3-4-14(17-2)15(18)19/h5-6,10,14,17H,3-4,7-9H2,1-2H3. The van der Waals surface area contributed by atoms with Crippen LogP contribution in [-0.2, 0) is 11.2 Å². The Kier molecular flexibility index (Phi) is 4.53. The number of nitrogens with one attached hydrogen (secondary N) is 1. The number of nitrogens with zero attached hydrogens (tertiary/aromatic N) is 1. The van der Waals surface area contributed by atoms with Crippen molar-refractivity contribution in [3.63, 3.8) is 0 Å². The van der Waals surface area contributed by atoms with E-state index in [1.165, 1.54) is 6.07 Å². The van der Waals surface area contributed by atoms with E-state index < -0.39 is 0 Å². The molecule has 19 heavy (non-hydrogen) atoms. The molecule has 0 saturated carbocycles. The lowest BCUT2D eigenvalue weighted by atomic mass is 10.0. The Morgan fingerprint density at radius 3 is 2.95 bits per heavy atom. The van der Waals surface area contributed by atoms with Gasteiger partial charge in [-0.15, -0.1) is 0 Å². The van der Waals surface area contributed by atoms with Crippen LogP contribution >= 0.6 is 0 Å². The van der Waals surface area contributed by atoms with Crippen molar-refractivity contribution in [2.45, 2.75) is 32.2 Å². The zero-order valence-electron chi connectivity index (χ0n) is 11.6. The highest BCUT2D eigenvalue weighted by Gasteiger charge is 2.26. The number of aryl methyl sites for hydroxylation is 1. The van der Waals surface area contributed by atoms with Crippen molar-refractivity contribution in [2.24, 2.45) is 0 Å². The van der Waals surface area contributed by atoms with Crippen LogP contribution in [0, 0.1) is 12.7 Å². The van der Waals surface area contributed by atoms with Crippen LogP contribution in [0.4, 0.5) is 4.39 Å². The second-order valence-corrected chi connectivity index (χ2v) is 5.13. The summed E-state index contributed by atoms with van der Waals surface area (Å²) in [5, 5.41) is 3.06. The summed E-state index contributed by atoms with van der Waals surface area (Å²) in [5.74, 6) is -0.0148. The van der Waals surface area contributed by atoms with Crippen LogP contribution in [0.5, 0.6) is 0 Å². The van der Waals surface area contributed by atoms with Crippen LogP contribution in [0.3, 0.4) is 0 Å². The quantitative estimate of drug-likeness (QED) is 0.900. The van der Waals surface area contributed by atoms with Gasteiger partial charge in [-0.1, -0.05) is 6.07 Å². The molecule has 1 aliphatic heterocycles. The third kappa shape index (κ3) is 3.32. The summed E-state index contributed by atoms with van der Waals surface area (Å²) in [6.45, 7) is 3.45. The molecule has 2 rings (SSSR count). The van der Waals surface area contributed by atoms with E-state index >= 15 is 0 Å². The molecule has 0 bridgehead atoms. The molecule has 0 radical (unpaired) electrons. The van der Waals surface area contributed by atoms with Crippen LogP contribution in [0.1, 0.15) is 24.0 Å². The SMILES string of the molecule is CNC1CCCN(CCc2ccc(F)cc2C)C1=O. The summed E-state index contributed by atoms with van der Waals surface area (Å²) in [6.07, 6.45) is 2.75. The topological polar surface area (TPSA) is 32.3 Å². The summed E-state index contributed by atoms with van der Waals surface area (Å²) in [5.41, 5.74) is 2.07. The predicted octanol–water partition coefficient (Wildman–Crippen LogP) is 1.89. The molecule has 1 aliphatic rings. The van der Waals surface area contributed by atoms with Gasteiger partial charge in [-0.2, -0.15) is 0 Å². The van der Waals surface area contributed by atoms with Gasteiger partial charge in [0.25, 0.3) is 0 Å². The molecule has 1 aromatic rings. The molecule has 104 valence electrons. The number of hydrogen-bond donors (Lipinski definition) is 1. The van der Waals surface area contributed by atoms with Gasteiger partial charge in [0.1, 0.15) is 5.82 Å². The lowest BCUT2D eigenvalue weighted by Crippen LogP contribution is -2.50. The van der Waals surface area contributed by atoms with E-state index in [9.17, 15) is 9.18 Å². The Bertz CT molecular complexity index is 461. The average molecular weight is 264 g/mol. The van der Waals surface area contributed by atoms with Gasteiger partial charge in [-0.05, 0) is 56.5 Å². The van der Waals surface area contributed by atoms with Gasteiger partial charge in [0, 0.05) is 13.1 Å². The highest BCUT2D eigenvalue weighted by atomic mass is 19.1. The zero-order chi connectivity index (χ0) is 13.8. The third-order valence-electron chi connectivity index (χ3n) is 3.83. The summed E-state index contributed by atoms with van der Waals surface area (Å²) in [7, 11) is 1.83. The second-order valence-electron chi connectivity index (χ2n) is 5.13. The fourth-order valence-corrected chi connectivity index (χ4v) is 2.63. The van der Waals surface area contributed by atoms with E-state index in [4.69, 9.17) is 0 Å². The Balaban J connectivity index is 1.96. The molecule has 1 N–H and O–H groups in total. The Labute approximate surface area is 113 Å². The van der Waals surface area contributed by atoms with Crippen molar-refractivity contribution in [3.05, 3.63) is 35.1 Å². The first-order chi connectivity index (χ1) is 9.11. The minimum Gasteiger partial charge on any atom is -0.341 e. The summed E-state index contributed by atoms with van der Waals surface area (Å²) in [6, 6.07) is 4.80. The Morgan fingerprint density at radius 2 is 2.26 bits per heavy atom. The number of rotatable bonds is 4. The van der Waals surface area contributed by atoms with Crippen molar-refractivity contribution in [1.82, 2.24) is 10.2 Å². The van der Waals surface area contributed by atoms with Crippen molar-refractivity contribution in [3.8, 4) is 0 Å². The van der Waals surface area contributed by atoms with Gasteiger partial charge < -0.3 is 10.2 Å². The van der Waals surface area contributed by atoms with Crippen molar-refractivity contribution in [1.29, 1.82) is 0 Å². The molecule has 1 fully saturated rings. The van der Waals surface area contributed by atoms with Crippen LogP contribution < -0.4 is 5.32 Å². The highest BCUT2D eigenvalue weighted by molar-refractivity contribution is 5.82. The number of piperidine rings is 1. The first kappa shape index (κ1) is 14.0. The highest BCUT2D eigenvalue weighted by Crippen LogP contribution is 2.15. The predicted molar refractivity (Wildman–Crippen MR) is 73.5 cm³/mol. The molecule has 0 aromatic heterocycles. The molecule has 1 aromatic carbocycles. The maximum atomic E-state index is 13.0. The van der Waals surface area contributed by atoms with Gasteiger partial charge in [-0.25, -0.2) is 4.39 Å². The van der Waals surface area contributed by atoms with Crippen molar-refractivity contribution in [2.75, 3.05) is 20.1 Å². The number of hydrogen-bond acceptors (Lipinski definition) is 2. The fraction of sp³-hybridized carbons (Fsp3) is 0.533. The molecule has 0 aliphatic carbocycles. The molecule has 0 spiro atoms. The number of benzene rings is 1. The summed E-state index contributed by atoms with van der Waals surface area (Å²) in [4.78, 5) is 14.0. The first-order valence-corrected chi connectivity index (χ1v) is 6.83. The average Bonchev–Trinajstić information content (AvgIpc) is 2.39. The molecule has 1 atom stereocenters. The maximum absolute atomic E-state index is 13.0. The largest absolute Gasteiger partial charge is 0.341 e. The number of carbonyl (C=O) groups excluding carboxylic acids is 1.